The number of methoxy groups -OCH3 is 1. The summed E-state index contributed by atoms with van der Waals surface area (Å²) in [5.74, 6) is 0.744. The molecule has 0 aliphatic carbocycles. The smallest absolute Gasteiger partial charge is 0.143 e. The van der Waals surface area contributed by atoms with Crippen molar-refractivity contribution >= 4 is 11.4 Å². The normalized spacial score (nSPS) is 17.4. The van der Waals surface area contributed by atoms with Crippen LogP contribution in [0.15, 0.2) is 18.2 Å². The minimum atomic E-state index is 0.516. The summed E-state index contributed by atoms with van der Waals surface area (Å²) in [6, 6.07) is 6.41. The van der Waals surface area contributed by atoms with Crippen LogP contribution in [0.2, 0.25) is 0 Å². The van der Waals surface area contributed by atoms with E-state index in [0.717, 1.165) is 11.4 Å². The highest BCUT2D eigenvalue weighted by atomic mass is 16.5. The van der Waals surface area contributed by atoms with E-state index in [1.807, 2.05) is 18.2 Å². The van der Waals surface area contributed by atoms with Crippen molar-refractivity contribution in [2.45, 2.75) is 32.2 Å². The van der Waals surface area contributed by atoms with Gasteiger partial charge in [-0.1, -0.05) is 13.0 Å². The Bertz CT molecular complexity index is 400. The summed E-state index contributed by atoms with van der Waals surface area (Å²) in [7, 11) is 1.65. The van der Waals surface area contributed by atoms with E-state index in [1.54, 1.807) is 7.11 Å². The SMILES string of the molecule is CCCN1CCC(Nc2cccc(OC)c2N)CC1. The van der Waals surface area contributed by atoms with Crippen molar-refractivity contribution in [3.05, 3.63) is 18.2 Å². The van der Waals surface area contributed by atoms with Gasteiger partial charge in [-0.2, -0.15) is 0 Å². The van der Waals surface area contributed by atoms with Crippen molar-refractivity contribution in [3.8, 4) is 5.75 Å². The molecular formula is C15H25N3O. The largest absolute Gasteiger partial charge is 0.495 e. The lowest BCUT2D eigenvalue weighted by Crippen LogP contribution is -2.39. The van der Waals surface area contributed by atoms with Gasteiger partial charge in [0.2, 0.25) is 0 Å². The fourth-order valence-corrected chi connectivity index (χ4v) is 2.68. The number of nitrogens with two attached hydrogens (primary N) is 1. The zero-order valence-corrected chi connectivity index (χ0v) is 12.0. The van der Waals surface area contributed by atoms with Crippen LogP contribution in [0.1, 0.15) is 26.2 Å². The van der Waals surface area contributed by atoms with Gasteiger partial charge in [-0.05, 0) is 37.9 Å². The second-order valence-electron chi connectivity index (χ2n) is 5.18. The van der Waals surface area contributed by atoms with E-state index in [0.29, 0.717) is 11.7 Å². The molecule has 0 radical (unpaired) electrons. The molecule has 1 heterocycles. The van der Waals surface area contributed by atoms with Crippen LogP contribution in [0.3, 0.4) is 0 Å². The van der Waals surface area contributed by atoms with E-state index >= 15 is 0 Å². The Labute approximate surface area is 115 Å². The van der Waals surface area contributed by atoms with E-state index in [1.165, 1.54) is 38.9 Å². The van der Waals surface area contributed by atoms with Gasteiger partial charge >= 0.3 is 0 Å². The second-order valence-corrected chi connectivity index (χ2v) is 5.18. The average molecular weight is 263 g/mol. The zero-order chi connectivity index (χ0) is 13.7. The van der Waals surface area contributed by atoms with Gasteiger partial charge in [0.25, 0.3) is 0 Å². The first kappa shape index (κ1) is 14.0. The molecule has 1 fully saturated rings. The van der Waals surface area contributed by atoms with Gasteiger partial charge in [-0.15, -0.1) is 0 Å². The lowest BCUT2D eigenvalue weighted by Gasteiger charge is -2.32. The molecule has 106 valence electrons. The maximum Gasteiger partial charge on any atom is 0.143 e. The third-order valence-electron chi connectivity index (χ3n) is 3.77. The molecule has 4 heteroatoms. The van der Waals surface area contributed by atoms with Crippen LogP contribution in [-0.4, -0.2) is 37.7 Å². The van der Waals surface area contributed by atoms with Crippen molar-refractivity contribution in [1.82, 2.24) is 4.90 Å². The summed E-state index contributed by atoms with van der Waals surface area (Å²) in [6.07, 6.45) is 3.59. The molecule has 0 atom stereocenters. The van der Waals surface area contributed by atoms with Gasteiger partial charge in [-0.3, -0.25) is 0 Å². The molecule has 0 unspecified atom stereocenters. The summed E-state index contributed by atoms with van der Waals surface area (Å²) in [4.78, 5) is 2.53. The molecule has 1 saturated heterocycles. The molecule has 0 spiro atoms. The molecular weight excluding hydrogens is 238 g/mol. The predicted octanol–water partition coefficient (Wildman–Crippen LogP) is 2.56. The number of rotatable bonds is 5. The first-order valence-electron chi connectivity index (χ1n) is 7.16. The number of para-hydroxylation sites is 1. The van der Waals surface area contributed by atoms with Crippen LogP contribution in [0.4, 0.5) is 11.4 Å². The Morgan fingerprint density at radius 2 is 2.11 bits per heavy atom. The van der Waals surface area contributed by atoms with Crippen LogP contribution in [0, 0.1) is 0 Å². The van der Waals surface area contributed by atoms with Crippen LogP contribution < -0.4 is 15.8 Å². The molecule has 1 aliphatic rings. The number of benzene rings is 1. The standard InChI is InChI=1S/C15H25N3O/c1-3-9-18-10-7-12(8-11-18)17-13-5-4-6-14(19-2)15(13)16/h4-6,12,17H,3,7-11,16H2,1-2H3. The Balaban J connectivity index is 1.92. The van der Waals surface area contributed by atoms with Crippen molar-refractivity contribution in [1.29, 1.82) is 0 Å². The summed E-state index contributed by atoms with van der Waals surface area (Å²) in [6.45, 7) is 5.81. The first-order valence-corrected chi connectivity index (χ1v) is 7.16. The number of likely N-dealkylation sites (tertiary alicyclic amines) is 1. The zero-order valence-electron chi connectivity index (χ0n) is 12.0. The Hall–Kier alpha value is -1.42. The Morgan fingerprint density at radius 1 is 1.37 bits per heavy atom. The first-order chi connectivity index (χ1) is 9.24. The number of ether oxygens (including phenoxy) is 1. The third kappa shape index (κ3) is 3.53. The van der Waals surface area contributed by atoms with Crippen LogP contribution in [-0.2, 0) is 0 Å². The van der Waals surface area contributed by atoms with Crippen molar-refractivity contribution in [3.63, 3.8) is 0 Å². The monoisotopic (exact) mass is 263 g/mol. The van der Waals surface area contributed by atoms with Crippen LogP contribution >= 0.6 is 0 Å². The lowest BCUT2D eigenvalue weighted by molar-refractivity contribution is 0.219. The van der Waals surface area contributed by atoms with Gasteiger partial charge in [0, 0.05) is 19.1 Å². The highest BCUT2D eigenvalue weighted by Gasteiger charge is 2.19. The van der Waals surface area contributed by atoms with E-state index in [2.05, 4.69) is 17.1 Å². The van der Waals surface area contributed by atoms with Gasteiger partial charge in [0.05, 0.1) is 18.5 Å². The quantitative estimate of drug-likeness (QED) is 0.802. The molecule has 2 rings (SSSR count). The number of nitrogens with one attached hydrogen (secondary N) is 1. The molecule has 4 nitrogen and oxygen atoms in total. The summed E-state index contributed by atoms with van der Waals surface area (Å²) in [5, 5.41) is 3.55. The number of nitrogens with zero attached hydrogens (tertiary/aromatic N) is 1. The fraction of sp³-hybridized carbons (Fsp3) is 0.600. The second kappa shape index (κ2) is 6.66. The van der Waals surface area contributed by atoms with E-state index in [4.69, 9.17) is 10.5 Å². The number of piperidine rings is 1. The van der Waals surface area contributed by atoms with E-state index < -0.39 is 0 Å². The maximum absolute atomic E-state index is 6.09. The molecule has 1 aromatic rings. The van der Waals surface area contributed by atoms with Gasteiger partial charge in [0.15, 0.2) is 0 Å². The van der Waals surface area contributed by atoms with Gasteiger partial charge in [0.1, 0.15) is 5.75 Å². The van der Waals surface area contributed by atoms with E-state index in [-0.39, 0.29) is 0 Å². The molecule has 0 bridgehead atoms. The van der Waals surface area contributed by atoms with Gasteiger partial charge < -0.3 is 20.7 Å². The molecule has 1 aromatic carbocycles. The minimum Gasteiger partial charge on any atom is -0.495 e. The highest BCUT2D eigenvalue weighted by Crippen LogP contribution is 2.30. The van der Waals surface area contributed by atoms with Crippen molar-refractivity contribution in [2.24, 2.45) is 0 Å². The number of nitrogen functional groups attached to an aromatic ring is 1. The molecule has 0 amide bonds. The molecule has 0 aromatic heterocycles. The molecule has 19 heavy (non-hydrogen) atoms. The molecule has 1 aliphatic heterocycles. The number of hydrogen-bond donors (Lipinski definition) is 2. The van der Waals surface area contributed by atoms with E-state index in [9.17, 15) is 0 Å². The minimum absolute atomic E-state index is 0.516. The summed E-state index contributed by atoms with van der Waals surface area (Å²) >= 11 is 0. The topological polar surface area (TPSA) is 50.5 Å². The van der Waals surface area contributed by atoms with Crippen molar-refractivity contribution < 1.29 is 4.74 Å². The molecule has 0 saturated carbocycles. The summed E-state index contributed by atoms with van der Waals surface area (Å²) < 4.78 is 5.25. The number of anilines is 2. The maximum atomic E-state index is 6.09. The third-order valence-corrected chi connectivity index (χ3v) is 3.77. The average Bonchev–Trinajstić information content (AvgIpc) is 2.43. The van der Waals surface area contributed by atoms with Crippen molar-refractivity contribution in [2.75, 3.05) is 37.8 Å². The highest BCUT2D eigenvalue weighted by molar-refractivity contribution is 5.73. The molecule has 3 N–H and O–H groups in total. The summed E-state index contributed by atoms with van der Waals surface area (Å²) in [5.41, 5.74) is 7.79. The Morgan fingerprint density at radius 3 is 2.74 bits per heavy atom. The fourth-order valence-electron chi connectivity index (χ4n) is 2.68. The van der Waals surface area contributed by atoms with Crippen LogP contribution in [0.5, 0.6) is 5.75 Å². The lowest BCUT2D eigenvalue weighted by atomic mass is 10.0. The Kier molecular flexibility index (Phi) is 4.91. The predicted molar refractivity (Wildman–Crippen MR) is 80.8 cm³/mol. The van der Waals surface area contributed by atoms with Crippen LogP contribution in [0.25, 0.3) is 0 Å². The number of hydrogen-bond acceptors (Lipinski definition) is 4. The van der Waals surface area contributed by atoms with Gasteiger partial charge in [-0.25, -0.2) is 0 Å².